The first-order chi connectivity index (χ1) is 9.69. The van der Waals surface area contributed by atoms with E-state index in [1.54, 1.807) is 7.11 Å². The molecule has 0 fully saturated rings. The third kappa shape index (κ3) is 4.10. The molecule has 0 aliphatic heterocycles. The van der Waals surface area contributed by atoms with Crippen LogP contribution >= 0.6 is 0 Å². The number of ether oxygens (including phenoxy) is 1. The lowest BCUT2D eigenvalue weighted by Gasteiger charge is -2.08. The number of benzene rings is 1. The molecule has 0 saturated heterocycles. The largest absolute Gasteiger partial charge is 0.496 e. The lowest BCUT2D eigenvalue weighted by Crippen LogP contribution is -2.19. The highest BCUT2D eigenvalue weighted by atomic mass is 16.5. The van der Waals surface area contributed by atoms with Crippen LogP contribution in [0.15, 0.2) is 36.8 Å². The molecule has 1 heterocycles. The predicted molar refractivity (Wildman–Crippen MR) is 80.9 cm³/mol. The van der Waals surface area contributed by atoms with Crippen LogP contribution in [0.5, 0.6) is 5.75 Å². The second kappa shape index (κ2) is 7.10. The number of rotatable bonds is 7. The molecule has 0 bridgehead atoms. The van der Waals surface area contributed by atoms with Crippen molar-refractivity contribution in [2.75, 3.05) is 13.7 Å². The summed E-state index contributed by atoms with van der Waals surface area (Å²) in [5, 5.41) is 3.40. The summed E-state index contributed by atoms with van der Waals surface area (Å²) in [6, 6.07) is 8.07. The molecule has 2 rings (SSSR count). The molecule has 108 valence electrons. The van der Waals surface area contributed by atoms with Gasteiger partial charge < -0.3 is 14.6 Å². The predicted octanol–water partition coefficient (Wildman–Crippen LogP) is 2.69. The SMILES string of the molecule is COc1ccccc1Cn1cnc(CNCC(C)C)c1. The maximum absolute atomic E-state index is 5.37. The average molecular weight is 273 g/mol. The minimum atomic E-state index is 0.658. The number of hydrogen-bond donors (Lipinski definition) is 1. The fraction of sp³-hybridized carbons (Fsp3) is 0.438. The van der Waals surface area contributed by atoms with Crippen LogP contribution in [0, 0.1) is 5.92 Å². The van der Waals surface area contributed by atoms with Crippen LogP contribution in [0.3, 0.4) is 0 Å². The summed E-state index contributed by atoms with van der Waals surface area (Å²) in [7, 11) is 1.70. The van der Waals surface area contributed by atoms with Gasteiger partial charge in [0.05, 0.1) is 25.7 Å². The topological polar surface area (TPSA) is 39.1 Å². The molecule has 0 radical (unpaired) electrons. The Bertz CT molecular complexity index is 534. The molecule has 2 aromatic rings. The van der Waals surface area contributed by atoms with E-state index >= 15 is 0 Å². The van der Waals surface area contributed by atoms with Gasteiger partial charge in [-0.15, -0.1) is 0 Å². The van der Waals surface area contributed by atoms with Crippen molar-refractivity contribution in [3.05, 3.63) is 48.0 Å². The minimum absolute atomic E-state index is 0.658. The first kappa shape index (κ1) is 14.6. The number of aromatic nitrogens is 2. The van der Waals surface area contributed by atoms with Crippen molar-refractivity contribution in [1.29, 1.82) is 0 Å². The summed E-state index contributed by atoms with van der Waals surface area (Å²) >= 11 is 0. The van der Waals surface area contributed by atoms with Gasteiger partial charge in [0.15, 0.2) is 0 Å². The van der Waals surface area contributed by atoms with E-state index < -0.39 is 0 Å². The summed E-state index contributed by atoms with van der Waals surface area (Å²) in [5.41, 5.74) is 2.23. The molecule has 1 N–H and O–H groups in total. The van der Waals surface area contributed by atoms with E-state index in [4.69, 9.17) is 4.74 Å². The molecule has 0 spiro atoms. The van der Waals surface area contributed by atoms with Crippen LogP contribution in [-0.2, 0) is 13.1 Å². The molecule has 1 aromatic carbocycles. The zero-order valence-electron chi connectivity index (χ0n) is 12.5. The summed E-state index contributed by atoms with van der Waals surface area (Å²) in [6.45, 7) is 7.01. The Morgan fingerprint density at radius 1 is 1.30 bits per heavy atom. The fourth-order valence-electron chi connectivity index (χ4n) is 2.10. The molecular weight excluding hydrogens is 250 g/mol. The van der Waals surface area contributed by atoms with E-state index in [-0.39, 0.29) is 0 Å². The Morgan fingerprint density at radius 2 is 2.10 bits per heavy atom. The molecule has 0 unspecified atom stereocenters. The normalized spacial score (nSPS) is 11.0. The van der Waals surface area contributed by atoms with Crippen LogP contribution in [0.1, 0.15) is 25.1 Å². The number of nitrogens with zero attached hydrogens (tertiary/aromatic N) is 2. The molecule has 1 aromatic heterocycles. The van der Waals surface area contributed by atoms with Crippen LogP contribution in [0.2, 0.25) is 0 Å². The third-order valence-electron chi connectivity index (χ3n) is 3.09. The Labute approximate surface area is 120 Å². The van der Waals surface area contributed by atoms with E-state index in [1.165, 1.54) is 0 Å². The molecule has 0 saturated carbocycles. The Hall–Kier alpha value is -1.81. The third-order valence-corrected chi connectivity index (χ3v) is 3.09. The fourth-order valence-corrected chi connectivity index (χ4v) is 2.10. The number of methoxy groups -OCH3 is 1. The monoisotopic (exact) mass is 273 g/mol. The van der Waals surface area contributed by atoms with Crippen molar-refractivity contribution >= 4 is 0 Å². The van der Waals surface area contributed by atoms with E-state index in [0.717, 1.165) is 36.6 Å². The van der Waals surface area contributed by atoms with Gasteiger partial charge in [0.1, 0.15) is 5.75 Å². The minimum Gasteiger partial charge on any atom is -0.496 e. The zero-order valence-corrected chi connectivity index (χ0v) is 12.5. The Morgan fingerprint density at radius 3 is 2.85 bits per heavy atom. The molecule has 0 aliphatic rings. The van der Waals surface area contributed by atoms with E-state index in [1.807, 2.05) is 24.5 Å². The Balaban J connectivity index is 1.95. The molecule has 0 aliphatic carbocycles. The average Bonchev–Trinajstić information content (AvgIpc) is 2.86. The maximum Gasteiger partial charge on any atom is 0.123 e. The number of hydrogen-bond acceptors (Lipinski definition) is 3. The van der Waals surface area contributed by atoms with Gasteiger partial charge in [-0.05, 0) is 18.5 Å². The van der Waals surface area contributed by atoms with Crippen molar-refractivity contribution in [3.8, 4) is 5.75 Å². The van der Waals surface area contributed by atoms with Crippen molar-refractivity contribution in [2.45, 2.75) is 26.9 Å². The Kier molecular flexibility index (Phi) is 5.18. The van der Waals surface area contributed by atoms with Crippen LogP contribution in [0.25, 0.3) is 0 Å². The second-order valence-electron chi connectivity index (χ2n) is 5.37. The van der Waals surface area contributed by atoms with Gasteiger partial charge in [-0.1, -0.05) is 32.0 Å². The highest BCUT2D eigenvalue weighted by Crippen LogP contribution is 2.18. The molecular formula is C16H23N3O. The van der Waals surface area contributed by atoms with Crippen molar-refractivity contribution in [3.63, 3.8) is 0 Å². The van der Waals surface area contributed by atoms with E-state index in [9.17, 15) is 0 Å². The van der Waals surface area contributed by atoms with Gasteiger partial charge in [-0.3, -0.25) is 0 Å². The van der Waals surface area contributed by atoms with Crippen LogP contribution in [0.4, 0.5) is 0 Å². The van der Waals surface area contributed by atoms with Gasteiger partial charge in [0.25, 0.3) is 0 Å². The highest BCUT2D eigenvalue weighted by Gasteiger charge is 2.04. The van der Waals surface area contributed by atoms with Crippen molar-refractivity contribution < 1.29 is 4.74 Å². The highest BCUT2D eigenvalue weighted by molar-refractivity contribution is 5.33. The van der Waals surface area contributed by atoms with E-state index in [0.29, 0.717) is 5.92 Å². The van der Waals surface area contributed by atoms with Crippen LogP contribution in [-0.4, -0.2) is 23.2 Å². The van der Waals surface area contributed by atoms with Gasteiger partial charge in [-0.2, -0.15) is 0 Å². The molecule has 4 heteroatoms. The lowest BCUT2D eigenvalue weighted by molar-refractivity contribution is 0.408. The zero-order chi connectivity index (χ0) is 14.4. The van der Waals surface area contributed by atoms with E-state index in [2.05, 4.69) is 41.0 Å². The number of para-hydroxylation sites is 1. The summed E-state index contributed by atoms with van der Waals surface area (Å²) < 4.78 is 7.46. The summed E-state index contributed by atoms with van der Waals surface area (Å²) in [5.74, 6) is 1.58. The number of nitrogens with one attached hydrogen (secondary N) is 1. The van der Waals surface area contributed by atoms with Gasteiger partial charge >= 0.3 is 0 Å². The maximum atomic E-state index is 5.37. The van der Waals surface area contributed by atoms with Gasteiger partial charge in [0.2, 0.25) is 0 Å². The van der Waals surface area contributed by atoms with Crippen LogP contribution < -0.4 is 10.1 Å². The summed E-state index contributed by atoms with van der Waals surface area (Å²) in [6.07, 6.45) is 3.96. The van der Waals surface area contributed by atoms with Crippen molar-refractivity contribution in [2.24, 2.45) is 5.92 Å². The van der Waals surface area contributed by atoms with Gasteiger partial charge in [0, 0.05) is 18.3 Å². The standard InChI is InChI=1S/C16H23N3O/c1-13(2)8-17-9-15-11-19(12-18-15)10-14-6-4-5-7-16(14)20-3/h4-7,11-13,17H,8-10H2,1-3H3. The van der Waals surface area contributed by atoms with Gasteiger partial charge in [-0.25, -0.2) is 4.98 Å². The lowest BCUT2D eigenvalue weighted by atomic mass is 10.2. The quantitative estimate of drug-likeness (QED) is 0.843. The first-order valence-corrected chi connectivity index (χ1v) is 7.02. The summed E-state index contributed by atoms with van der Waals surface area (Å²) in [4.78, 5) is 4.42. The smallest absolute Gasteiger partial charge is 0.123 e. The van der Waals surface area contributed by atoms with Crippen molar-refractivity contribution in [1.82, 2.24) is 14.9 Å². The first-order valence-electron chi connectivity index (χ1n) is 7.02. The number of imidazole rings is 1. The molecule has 0 atom stereocenters. The molecule has 4 nitrogen and oxygen atoms in total. The second-order valence-corrected chi connectivity index (χ2v) is 5.37. The molecule has 0 amide bonds. The molecule has 20 heavy (non-hydrogen) atoms.